The number of carbonyl (C=O) groups is 1. The van der Waals surface area contributed by atoms with Crippen LogP contribution in [0, 0.1) is 12.3 Å². The van der Waals surface area contributed by atoms with E-state index in [0.29, 0.717) is 19.3 Å². The Labute approximate surface area is 60.2 Å². The third-order valence-corrected chi connectivity index (χ3v) is 1.15. The zero-order chi connectivity index (χ0) is 7.98. The predicted molar refractivity (Wildman–Crippen MR) is 38.3 cm³/mol. The predicted octanol–water partition coefficient (Wildman–Crippen LogP) is 0.202. The molecule has 0 aromatic heterocycles. The molecule has 1 atom stereocenters. The monoisotopic (exact) mass is 141 g/mol. The van der Waals surface area contributed by atoms with Gasteiger partial charge in [0.2, 0.25) is 0 Å². The lowest BCUT2D eigenvalue weighted by Crippen LogP contribution is -2.29. The molecule has 3 nitrogen and oxygen atoms in total. The van der Waals surface area contributed by atoms with E-state index in [1.165, 1.54) is 0 Å². The Kier molecular flexibility index (Phi) is 4.34. The Morgan fingerprint density at radius 1 is 1.80 bits per heavy atom. The molecule has 0 aliphatic carbocycles. The van der Waals surface area contributed by atoms with Gasteiger partial charge in [0.05, 0.1) is 0 Å². The van der Waals surface area contributed by atoms with Crippen molar-refractivity contribution in [3.63, 3.8) is 0 Å². The largest absolute Gasteiger partial charge is 0.480 e. The highest BCUT2D eigenvalue weighted by molar-refractivity contribution is 5.72. The van der Waals surface area contributed by atoms with Gasteiger partial charge in [-0.15, -0.1) is 12.3 Å². The number of terminal acetylenes is 1. The van der Waals surface area contributed by atoms with Gasteiger partial charge in [-0.25, -0.2) is 0 Å². The van der Waals surface area contributed by atoms with E-state index in [0.717, 1.165) is 0 Å². The minimum Gasteiger partial charge on any atom is -0.480 e. The molecular formula is C7H11NO2. The zero-order valence-electron chi connectivity index (χ0n) is 5.71. The molecule has 0 aromatic rings. The summed E-state index contributed by atoms with van der Waals surface area (Å²) in [5.41, 5.74) is 5.19. The van der Waals surface area contributed by atoms with Gasteiger partial charge in [-0.1, -0.05) is 0 Å². The van der Waals surface area contributed by atoms with Crippen molar-refractivity contribution in [1.82, 2.24) is 0 Å². The molecule has 0 saturated carbocycles. The second-order valence-electron chi connectivity index (χ2n) is 2.04. The molecular weight excluding hydrogens is 130 g/mol. The molecule has 0 bridgehead atoms. The van der Waals surface area contributed by atoms with Crippen LogP contribution in [0.5, 0.6) is 0 Å². The molecule has 0 unspecified atom stereocenters. The van der Waals surface area contributed by atoms with E-state index in [-0.39, 0.29) is 0 Å². The van der Waals surface area contributed by atoms with Gasteiger partial charge in [0.1, 0.15) is 6.04 Å². The molecule has 0 radical (unpaired) electrons. The van der Waals surface area contributed by atoms with Crippen LogP contribution in [0.2, 0.25) is 0 Å². The van der Waals surface area contributed by atoms with Crippen LogP contribution in [0.4, 0.5) is 0 Å². The van der Waals surface area contributed by atoms with Crippen molar-refractivity contribution in [3.05, 3.63) is 0 Å². The van der Waals surface area contributed by atoms with E-state index >= 15 is 0 Å². The van der Waals surface area contributed by atoms with Crippen molar-refractivity contribution in [2.75, 3.05) is 0 Å². The van der Waals surface area contributed by atoms with Gasteiger partial charge >= 0.3 is 5.97 Å². The van der Waals surface area contributed by atoms with E-state index in [1.54, 1.807) is 0 Å². The van der Waals surface area contributed by atoms with Crippen molar-refractivity contribution < 1.29 is 9.90 Å². The highest BCUT2D eigenvalue weighted by Crippen LogP contribution is 1.97. The molecule has 0 aliphatic rings. The molecule has 56 valence electrons. The van der Waals surface area contributed by atoms with E-state index in [1.807, 2.05) is 0 Å². The summed E-state index contributed by atoms with van der Waals surface area (Å²) in [6.07, 6.45) is 6.69. The maximum atomic E-state index is 10.1. The summed E-state index contributed by atoms with van der Waals surface area (Å²) in [5, 5.41) is 8.30. The fraction of sp³-hybridized carbons (Fsp3) is 0.571. The van der Waals surface area contributed by atoms with Crippen LogP contribution in [0.3, 0.4) is 0 Å². The van der Waals surface area contributed by atoms with Crippen molar-refractivity contribution >= 4 is 5.97 Å². The average Bonchev–Trinajstić information content (AvgIpc) is 1.88. The van der Waals surface area contributed by atoms with Crippen LogP contribution in [0.1, 0.15) is 19.3 Å². The van der Waals surface area contributed by atoms with E-state index in [2.05, 4.69) is 5.92 Å². The molecule has 0 fully saturated rings. The SMILES string of the molecule is C#CCCC[C@H](N)C(=O)O. The summed E-state index contributed by atoms with van der Waals surface area (Å²) in [6.45, 7) is 0. The van der Waals surface area contributed by atoms with Crippen molar-refractivity contribution in [1.29, 1.82) is 0 Å². The van der Waals surface area contributed by atoms with Gasteiger partial charge in [-0.3, -0.25) is 4.79 Å². The highest BCUT2D eigenvalue weighted by Gasteiger charge is 2.09. The van der Waals surface area contributed by atoms with Crippen molar-refractivity contribution in [2.24, 2.45) is 5.73 Å². The van der Waals surface area contributed by atoms with E-state index in [9.17, 15) is 4.79 Å². The van der Waals surface area contributed by atoms with Gasteiger partial charge in [0.15, 0.2) is 0 Å². The summed E-state index contributed by atoms with van der Waals surface area (Å²) in [6, 6.07) is -0.756. The lowest BCUT2D eigenvalue weighted by atomic mass is 10.1. The molecule has 0 rings (SSSR count). The first kappa shape index (κ1) is 8.99. The smallest absolute Gasteiger partial charge is 0.320 e. The molecule has 0 heterocycles. The number of carboxylic acids is 1. The van der Waals surface area contributed by atoms with Gasteiger partial charge in [0, 0.05) is 6.42 Å². The lowest BCUT2D eigenvalue weighted by molar-refractivity contribution is -0.138. The quantitative estimate of drug-likeness (QED) is 0.434. The van der Waals surface area contributed by atoms with Gasteiger partial charge in [-0.2, -0.15) is 0 Å². The molecule has 0 amide bonds. The molecule has 0 aromatic carbocycles. The molecule has 10 heavy (non-hydrogen) atoms. The van der Waals surface area contributed by atoms with Gasteiger partial charge < -0.3 is 10.8 Å². The summed E-state index contributed by atoms with van der Waals surface area (Å²) < 4.78 is 0. The fourth-order valence-electron chi connectivity index (χ4n) is 0.548. The summed E-state index contributed by atoms with van der Waals surface area (Å²) in [5.74, 6) is 1.45. The maximum Gasteiger partial charge on any atom is 0.320 e. The van der Waals surface area contributed by atoms with Crippen molar-refractivity contribution in [2.45, 2.75) is 25.3 Å². The van der Waals surface area contributed by atoms with E-state index in [4.69, 9.17) is 17.3 Å². The minimum absolute atomic E-state index is 0.458. The number of rotatable bonds is 4. The van der Waals surface area contributed by atoms with E-state index < -0.39 is 12.0 Å². The summed E-state index contributed by atoms with van der Waals surface area (Å²) in [4.78, 5) is 10.1. The Hall–Kier alpha value is -1.01. The number of nitrogens with two attached hydrogens (primary N) is 1. The molecule has 3 N–H and O–H groups in total. The lowest BCUT2D eigenvalue weighted by Gasteiger charge is -2.02. The number of aliphatic carboxylic acids is 1. The first-order valence-corrected chi connectivity index (χ1v) is 3.10. The molecule has 0 saturated heterocycles. The topological polar surface area (TPSA) is 63.3 Å². The van der Waals surface area contributed by atoms with Crippen LogP contribution in [0.15, 0.2) is 0 Å². The van der Waals surface area contributed by atoms with Crippen LogP contribution in [-0.2, 0) is 4.79 Å². The second kappa shape index (κ2) is 4.83. The Morgan fingerprint density at radius 3 is 2.80 bits per heavy atom. The number of unbranched alkanes of at least 4 members (excludes halogenated alkanes) is 1. The van der Waals surface area contributed by atoms with Gasteiger partial charge in [-0.05, 0) is 12.8 Å². The van der Waals surface area contributed by atoms with Crippen LogP contribution in [0.25, 0.3) is 0 Å². The summed E-state index contributed by atoms with van der Waals surface area (Å²) >= 11 is 0. The zero-order valence-corrected chi connectivity index (χ0v) is 5.71. The number of hydrogen-bond donors (Lipinski definition) is 2. The third kappa shape index (κ3) is 3.93. The summed E-state index contributed by atoms with van der Waals surface area (Å²) in [7, 11) is 0. The Morgan fingerprint density at radius 2 is 2.40 bits per heavy atom. The normalized spacial score (nSPS) is 12.0. The van der Waals surface area contributed by atoms with Gasteiger partial charge in [0.25, 0.3) is 0 Å². The maximum absolute atomic E-state index is 10.1. The fourth-order valence-corrected chi connectivity index (χ4v) is 0.548. The molecule has 3 heteroatoms. The standard InChI is InChI=1S/C7H11NO2/c1-2-3-4-5-6(8)7(9)10/h1,6H,3-5,8H2,(H,9,10)/t6-/m0/s1. The average molecular weight is 141 g/mol. The van der Waals surface area contributed by atoms with Crippen molar-refractivity contribution in [3.8, 4) is 12.3 Å². The first-order chi connectivity index (χ1) is 4.68. The second-order valence-corrected chi connectivity index (χ2v) is 2.04. The number of carboxylic acid groups (broad SMARTS) is 1. The number of hydrogen-bond acceptors (Lipinski definition) is 2. The first-order valence-electron chi connectivity index (χ1n) is 3.10. The Bertz CT molecular complexity index is 148. The Balaban J connectivity index is 3.32. The third-order valence-electron chi connectivity index (χ3n) is 1.15. The molecule has 0 aliphatic heterocycles. The van der Waals surface area contributed by atoms with Crippen LogP contribution >= 0.6 is 0 Å². The highest BCUT2D eigenvalue weighted by atomic mass is 16.4. The minimum atomic E-state index is -0.961. The van der Waals surface area contributed by atoms with Crippen LogP contribution in [-0.4, -0.2) is 17.1 Å². The molecule has 0 spiro atoms. The van der Waals surface area contributed by atoms with Crippen LogP contribution < -0.4 is 5.73 Å².